The molecule has 0 radical (unpaired) electrons. The fraction of sp³-hybridized carbons (Fsp3) is 0.467. The highest BCUT2D eigenvalue weighted by molar-refractivity contribution is 6.00. The van der Waals surface area contributed by atoms with Crippen molar-refractivity contribution >= 4 is 17.6 Å². The number of halogens is 3. The average Bonchev–Trinajstić information content (AvgIpc) is 2.46. The molecule has 1 aromatic carbocycles. The molecule has 0 aliphatic rings. The summed E-state index contributed by atoms with van der Waals surface area (Å²) in [5.41, 5.74) is 10.9. The van der Waals surface area contributed by atoms with Gasteiger partial charge in [-0.1, -0.05) is 26.2 Å². The molecule has 1 aromatic rings. The second kappa shape index (κ2) is 9.02. The maximum absolute atomic E-state index is 12.4. The van der Waals surface area contributed by atoms with Gasteiger partial charge in [0.2, 0.25) is 11.9 Å². The number of rotatable bonds is 6. The minimum atomic E-state index is -4.37. The molecule has 0 atom stereocenters. The molecule has 0 saturated heterocycles. The fourth-order valence-electron chi connectivity index (χ4n) is 1.81. The summed E-state index contributed by atoms with van der Waals surface area (Å²) in [6.07, 6.45) is -0.0722. The molecule has 0 aliphatic carbocycles. The number of nitrogens with zero attached hydrogens (tertiary/aromatic N) is 2. The minimum Gasteiger partial charge on any atom is -0.369 e. The van der Waals surface area contributed by atoms with Crippen molar-refractivity contribution in [3.05, 3.63) is 29.8 Å². The molecule has 0 heterocycles. The second-order valence-electron chi connectivity index (χ2n) is 5.00. The van der Waals surface area contributed by atoms with Crippen molar-refractivity contribution < 1.29 is 13.2 Å². The predicted octanol–water partition coefficient (Wildman–Crippen LogP) is 3.33. The van der Waals surface area contributed by atoms with Crippen LogP contribution in [-0.2, 0) is 6.18 Å². The quantitative estimate of drug-likeness (QED) is 0.425. The second-order valence-corrected chi connectivity index (χ2v) is 5.00. The summed E-state index contributed by atoms with van der Waals surface area (Å²) in [6, 6.07) is 4.45. The molecule has 0 aromatic heterocycles. The van der Waals surface area contributed by atoms with Gasteiger partial charge in [0.25, 0.3) is 0 Å². The van der Waals surface area contributed by atoms with Crippen molar-refractivity contribution in [2.24, 2.45) is 21.5 Å². The monoisotopic (exact) mass is 329 g/mol. The Kier molecular flexibility index (Phi) is 7.37. The van der Waals surface area contributed by atoms with E-state index in [1.165, 1.54) is 12.1 Å². The van der Waals surface area contributed by atoms with E-state index in [9.17, 15) is 13.2 Å². The van der Waals surface area contributed by atoms with Gasteiger partial charge in [0.05, 0.1) is 5.56 Å². The van der Waals surface area contributed by atoms with Crippen molar-refractivity contribution in [2.45, 2.75) is 38.8 Å². The average molecular weight is 329 g/mol. The highest BCUT2D eigenvalue weighted by Crippen LogP contribution is 2.29. The van der Waals surface area contributed by atoms with E-state index in [1.807, 2.05) is 0 Å². The van der Waals surface area contributed by atoms with Gasteiger partial charge >= 0.3 is 6.18 Å². The first-order valence-corrected chi connectivity index (χ1v) is 7.41. The topological polar surface area (TPSA) is 88.8 Å². The Morgan fingerprint density at radius 1 is 1.09 bits per heavy atom. The first kappa shape index (κ1) is 18.8. The molecule has 23 heavy (non-hydrogen) atoms. The van der Waals surface area contributed by atoms with Crippen LogP contribution in [0.3, 0.4) is 0 Å². The van der Waals surface area contributed by atoms with E-state index in [4.69, 9.17) is 11.5 Å². The lowest BCUT2D eigenvalue weighted by atomic mass is 10.2. The Bertz CT molecular complexity index is 535. The number of nitrogens with one attached hydrogen (secondary N) is 1. The molecule has 0 spiro atoms. The molecule has 0 aliphatic heterocycles. The van der Waals surface area contributed by atoms with E-state index in [0.29, 0.717) is 12.2 Å². The normalized spacial score (nSPS) is 13.2. The number of hydrogen-bond donors (Lipinski definition) is 3. The summed E-state index contributed by atoms with van der Waals surface area (Å²) in [7, 11) is 0. The number of guanidine groups is 2. The predicted molar refractivity (Wildman–Crippen MR) is 87.3 cm³/mol. The number of anilines is 1. The van der Waals surface area contributed by atoms with Gasteiger partial charge in [-0.05, 0) is 30.7 Å². The van der Waals surface area contributed by atoms with Gasteiger partial charge < -0.3 is 16.8 Å². The van der Waals surface area contributed by atoms with Crippen molar-refractivity contribution in [1.29, 1.82) is 0 Å². The van der Waals surface area contributed by atoms with Crippen molar-refractivity contribution in [3.8, 4) is 0 Å². The van der Waals surface area contributed by atoms with Crippen LogP contribution in [0.1, 0.15) is 38.2 Å². The van der Waals surface area contributed by atoms with E-state index in [1.54, 1.807) is 0 Å². The Morgan fingerprint density at radius 2 is 1.74 bits per heavy atom. The molecular weight excluding hydrogens is 307 g/mol. The zero-order chi connectivity index (χ0) is 17.3. The fourth-order valence-corrected chi connectivity index (χ4v) is 1.81. The summed E-state index contributed by atoms with van der Waals surface area (Å²) in [5.74, 6) is 0.0120. The summed E-state index contributed by atoms with van der Waals surface area (Å²) < 4.78 is 37.3. The summed E-state index contributed by atoms with van der Waals surface area (Å²) in [5, 5.41) is 2.66. The molecule has 1 rings (SSSR count). The van der Waals surface area contributed by atoms with Gasteiger partial charge in [0.15, 0.2) is 0 Å². The van der Waals surface area contributed by atoms with Gasteiger partial charge in [-0.3, -0.25) is 4.99 Å². The minimum absolute atomic E-state index is 0.0282. The zero-order valence-electron chi connectivity index (χ0n) is 13.0. The van der Waals surface area contributed by atoms with E-state index in [-0.39, 0.29) is 11.9 Å². The number of nitrogens with two attached hydrogens (primary N) is 2. The Morgan fingerprint density at radius 3 is 2.30 bits per heavy atom. The van der Waals surface area contributed by atoms with Gasteiger partial charge in [-0.2, -0.15) is 18.2 Å². The van der Waals surface area contributed by atoms with E-state index >= 15 is 0 Å². The molecule has 5 nitrogen and oxygen atoms in total. The number of unbranched alkanes of at least 4 members (excludes halogenated alkanes) is 3. The molecule has 5 N–H and O–H groups in total. The van der Waals surface area contributed by atoms with Gasteiger partial charge in [0.1, 0.15) is 0 Å². The van der Waals surface area contributed by atoms with Crippen LogP contribution in [0.2, 0.25) is 0 Å². The van der Waals surface area contributed by atoms with Crippen LogP contribution in [0, 0.1) is 0 Å². The van der Waals surface area contributed by atoms with E-state index in [2.05, 4.69) is 22.2 Å². The van der Waals surface area contributed by atoms with Crippen LogP contribution in [0.15, 0.2) is 34.3 Å². The third-order valence-corrected chi connectivity index (χ3v) is 3.01. The van der Waals surface area contributed by atoms with Crippen LogP contribution in [-0.4, -0.2) is 18.5 Å². The molecule has 0 unspecified atom stereocenters. The molecular formula is C15H22F3N5. The largest absolute Gasteiger partial charge is 0.416 e. The van der Waals surface area contributed by atoms with Crippen LogP contribution in [0.25, 0.3) is 0 Å². The number of benzene rings is 1. The maximum Gasteiger partial charge on any atom is 0.416 e. The number of aliphatic imine (C=N–C) groups is 2. The molecule has 0 amide bonds. The Labute approximate surface area is 133 Å². The molecule has 0 saturated carbocycles. The van der Waals surface area contributed by atoms with Gasteiger partial charge in [0, 0.05) is 12.2 Å². The van der Waals surface area contributed by atoms with Crippen LogP contribution < -0.4 is 16.8 Å². The molecule has 8 heteroatoms. The molecule has 0 bridgehead atoms. The van der Waals surface area contributed by atoms with Crippen molar-refractivity contribution in [1.82, 2.24) is 0 Å². The van der Waals surface area contributed by atoms with Crippen molar-refractivity contribution in [2.75, 3.05) is 11.9 Å². The van der Waals surface area contributed by atoms with Crippen molar-refractivity contribution in [3.63, 3.8) is 0 Å². The lowest BCUT2D eigenvalue weighted by Gasteiger charge is -2.09. The van der Waals surface area contributed by atoms with E-state index in [0.717, 1.165) is 37.8 Å². The Hall–Kier alpha value is -2.25. The SMILES string of the molecule is CCCCCCN=C(N)N=C(N)Nc1ccc(C(F)(F)F)cc1. The lowest BCUT2D eigenvalue weighted by molar-refractivity contribution is -0.137. The first-order chi connectivity index (χ1) is 10.8. The highest BCUT2D eigenvalue weighted by atomic mass is 19.4. The highest BCUT2D eigenvalue weighted by Gasteiger charge is 2.29. The first-order valence-electron chi connectivity index (χ1n) is 7.41. The molecule has 0 fully saturated rings. The smallest absolute Gasteiger partial charge is 0.369 e. The number of hydrogen-bond acceptors (Lipinski definition) is 1. The summed E-state index contributed by atoms with van der Waals surface area (Å²) in [4.78, 5) is 7.91. The van der Waals surface area contributed by atoms with E-state index < -0.39 is 11.7 Å². The third-order valence-electron chi connectivity index (χ3n) is 3.01. The van der Waals surface area contributed by atoms with Crippen LogP contribution >= 0.6 is 0 Å². The third kappa shape index (κ3) is 7.53. The lowest BCUT2D eigenvalue weighted by Crippen LogP contribution is -2.26. The molecule has 128 valence electrons. The van der Waals surface area contributed by atoms with Crippen LogP contribution in [0.5, 0.6) is 0 Å². The number of alkyl halides is 3. The summed E-state index contributed by atoms with van der Waals surface area (Å²) in [6.45, 7) is 2.69. The summed E-state index contributed by atoms with van der Waals surface area (Å²) >= 11 is 0. The zero-order valence-corrected chi connectivity index (χ0v) is 13.0. The van der Waals surface area contributed by atoms with Gasteiger partial charge in [-0.15, -0.1) is 0 Å². The Balaban J connectivity index is 2.54. The van der Waals surface area contributed by atoms with Crippen LogP contribution in [0.4, 0.5) is 18.9 Å². The maximum atomic E-state index is 12.4. The standard InChI is InChI=1S/C15H22F3N5/c1-2-3-4-5-10-21-13(19)23-14(20)22-12-8-6-11(7-9-12)15(16,17)18/h6-9H,2-5,10H2,1H3,(H5,19,20,21,22,23). The van der Waals surface area contributed by atoms with Gasteiger partial charge in [-0.25, -0.2) is 0 Å².